The topological polar surface area (TPSA) is 73.8 Å². The van der Waals surface area contributed by atoms with Crippen LogP contribution in [0.2, 0.25) is 0 Å². The summed E-state index contributed by atoms with van der Waals surface area (Å²) in [5, 5.41) is 31.2. The van der Waals surface area contributed by atoms with Crippen molar-refractivity contribution in [1.29, 1.82) is 0 Å². The van der Waals surface area contributed by atoms with Crippen LogP contribution in [0.3, 0.4) is 0 Å². The minimum Gasteiger partial charge on any atom is -0.463 e. The maximum Gasteiger partial charge on any atom is 0.135 e. The highest BCUT2D eigenvalue weighted by Gasteiger charge is 2.51. The molecule has 3 aliphatic rings. The molecule has 6 atom stereocenters. The summed E-state index contributed by atoms with van der Waals surface area (Å²) >= 11 is 0. The van der Waals surface area contributed by atoms with Gasteiger partial charge in [0.2, 0.25) is 0 Å². The average molecular weight is 469 g/mol. The lowest BCUT2D eigenvalue weighted by Gasteiger charge is -2.44. The molecule has 4 heteroatoms. The van der Waals surface area contributed by atoms with Crippen LogP contribution in [0.25, 0.3) is 0 Å². The molecular weight excluding hydrogens is 424 g/mol. The SMILES string of the molecule is C=C1/C(=C\C=C2/CCC[C@]3(C)[C@@H]([C@H](C)c4ccc(C(O)(CC)CC)o4)CC[C@@H]23)C[C@@H](O)C[C@@H]1O. The third-order valence-corrected chi connectivity index (χ3v) is 9.61. The second kappa shape index (κ2) is 9.79. The van der Waals surface area contributed by atoms with Crippen molar-refractivity contribution in [2.75, 3.05) is 0 Å². The van der Waals surface area contributed by atoms with Gasteiger partial charge in [0.1, 0.15) is 17.1 Å². The van der Waals surface area contributed by atoms with Crippen molar-refractivity contribution in [2.24, 2.45) is 17.3 Å². The van der Waals surface area contributed by atoms with E-state index < -0.39 is 17.8 Å². The second-order valence-electron chi connectivity index (χ2n) is 11.4. The monoisotopic (exact) mass is 468 g/mol. The van der Waals surface area contributed by atoms with E-state index in [1.807, 2.05) is 19.9 Å². The molecule has 34 heavy (non-hydrogen) atoms. The molecule has 0 aliphatic heterocycles. The van der Waals surface area contributed by atoms with E-state index in [0.717, 1.165) is 23.3 Å². The first-order chi connectivity index (χ1) is 16.1. The van der Waals surface area contributed by atoms with Gasteiger partial charge in [-0.25, -0.2) is 0 Å². The first kappa shape index (κ1) is 25.5. The molecule has 4 rings (SSSR count). The van der Waals surface area contributed by atoms with E-state index in [2.05, 4.69) is 38.6 Å². The molecule has 3 fully saturated rings. The molecular formula is C30H44O4. The zero-order chi connectivity index (χ0) is 24.7. The summed E-state index contributed by atoms with van der Waals surface area (Å²) in [5.74, 6) is 3.10. The number of hydrogen-bond acceptors (Lipinski definition) is 4. The van der Waals surface area contributed by atoms with Gasteiger partial charge in [0.15, 0.2) is 0 Å². The van der Waals surface area contributed by atoms with Crippen LogP contribution in [-0.4, -0.2) is 27.5 Å². The van der Waals surface area contributed by atoms with Crippen LogP contribution < -0.4 is 0 Å². The lowest BCUT2D eigenvalue weighted by atomic mass is 9.61. The van der Waals surface area contributed by atoms with Crippen molar-refractivity contribution >= 4 is 0 Å². The molecule has 0 radical (unpaired) electrons. The second-order valence-corrected chi connectivity index (χ2v) is 11.4. The largest absolute Gasteiger partial charge is 0.463 e. The van der Waals surface area contributed by atoms with Gasteiger partial charge in [0.25, 0.3) is 0 Å². The number of aliphatic hydroxyl groups excluding tert-OH is 2. The van der Waals surface area contributed by atoms with E-state index >= 15 is 0 Å². The highest BCUT2D eigenvalue weighted by atomic mass is 16.4. The van der Waals surface area contributed by atoms with Crippen LogP contribution >= 0.6 is 0 Å². The fraction of sp³-hybridized carbons (Fsp3) is 0.667. The van der Waals surface area contributed by atoms with Crippen molar-refractivity contribution in [3.8, 4) is 0 Å². The molecule has 0 aromatic carbocycles. The van der Waals surface area contributed by atoms with Crippen LogP contribution in [0.5, 0.6) is 0 Å². The van der Waals surface area contributed by atoms with E-state index in [9.17, 15) is 15.3 Å². The van der Waals surface area contributed by atoms with Crippen LogP contribution in [0.4, 0.5) is 0 Å². The van der Waals surface area contributed by atoms with Gasteiger partial charge in [-0.05, 0) is 91.9 Å². The number of fused-ring (bicyclic) bond motifs is 1. The highest BCUT2D eigenvalue weighted by Crippen LogP contribution is 2.61. The summed E-state index contributed by atoms with van der Waals surface area (Å²) in [4.78, 5) is 0. The van der Waals surface area contributed by atoms with E-state index in [-0.39, 0.29) is 5.41 Å². The van der Waals surface area contributed by atoms with E-state index in [1.54, 1.807) is 0 Å². The van der Waals surface area contributed by atoms with Gasteiger partial charge in [0, 0.05) is 12.3 Å². The van der Waals surface area contributed by atoms with E-state index in [1.165, 1.54) is 31.3 Å². The molecule has 3 saturated carbocycles. The van der Waals surface area contributed by atoms with Gasteiger partial charge >= 0.3 is 0 Å². The summed E-state index contributed by atoms with van der Waals surface area (Å²) in [6, 6.07) is 4.06. The molecule has 4 nitrogen and oxygen atoms in total. The lowest BCUT2D eigenvalue weighted by Crippen LogP contribution is -2.35. The van der Waals surface area contributed by atoms with Gasteiger partial charge in [-0.1, -0.05) is 52.0 Å². The lowest BCUT2D eigenvalue weighted by molar-refractivity contribution is 0.00476. The molecule has 188 valence electrons. The first-order valence-corrected chi connectivity index (χ1v) is 13.4. The predicted octanol–water partition coefficient (Wildman–Crippen LogP) is 6.53. The Labute approximate surface area is 205 Å². The quantitative estimate of drug-likeness (QED) is 0.444. The predicted molar refractivity (Wildman–Crippen MR) is 136 cm³/mol. The van der Waals surface area contributed by atoms with Crippen molar-refractivity contribution in [3.63, 3.8) is 0 Å². The Morgan fingerprint density at radius 3 is 2.65 bits per heavy atom. The van der Waals surface area contributed by atoms with Crippen LogP contribution in [0.15, 0.2) is 52.0 Å². The summed E-state index contributed by atoms with van der Waals surface area (Å²) in [5.41, 5.74) is 2.59. The molecule has 3 N–H and O–H groups in total. The van der Waals surface area contributed by atoms with Gasteiger partial charge in [-0.3, -0.25) is 0 Å². The van der Waals surface area contributed by atoms with E-state index in [0.29, 0.717) is 49.2 Å². The Bertz CT molecular complexity index is 949. The molecule has 1 aromatic rings. The fourth-order valence-corrected chi connectivity index (χ4v) is 7.21. The number of hydrogen-bond donors (Lipinski definition) is 3. The van der Waals surface area contributed by atoms with Crippen molar-refractivity contribution < 1.29 is 19.7 Å². The number of furan rings is 1. The zero-order valence-electron chi connectivity index (χ0n) is 21.5. The summed E-state index contributed by atoms with van der Waals surface area (Å²) in [6.45, 7) is 12.8. The Kier molecular flexibility index (Phi) is 7.34. The molecule has 1 heterocycles. The van der Waals surface area contributed by atoms with Gasteiger partial charge in [0.05, 0.1) is 12.2 Å². The number of allylic oxidation sites excluding steroid dienone is 3. The highest BCUT2D eigenvalue weighted by molar-refractivity contribution is 5.38. The summed E-state index contributed by atoms with van der Waals surface area (Å²) in [7, 11) is 0. The molecule has 3 aliphatic carbocycles. The van der Waals surface area contributed by atoms with Gasteiger partial charge in [-0.2, -0.15) is 0 Å². The number of aliphatic hydroxyl groups is 3. The molecule has 0 spiro atoms. The summed E-state index contributed by atoms with van der Waals surface area (Å²) < 4.78 is 6.28. The van der Waals surface area contributed by atoms with Crippen molar-refractivity contribution in [1.82, 2.24) is 0 Å². The fourth-order valence-electron chi connectivity index (χ4n) is 7.21. The number of rotatable bonds is 6. The van der Waals surface area contributed by atoms with Gasteiger partial charge < -0.3 is 19.7 Å². The molecule has 0 saturated heterocycles. The Morgan fingerprint density at radius 2 is 1.94 bits per heavy atom. The maximum atomic E-state index is 10.9. The van der Waals surface area contributed by atoms with Crippen LogP contribution in [-0.2, 0) is 5.60 Å². The van der Waals surface area contributed by atoms with Crippen molar-refractivity contribution in [3.05, 3.63) is 59.1 Å². The third kappa shape index (κ3) is 4.50. The standard InChI is InChI=1S/C30H44O4/c1-6-30(33,7-2)28-15-14-27(34-28)20(4)24-12-13-25-21(9-8-16-29(24,25)5)10-11-22-17-23(31)18-26(32)19(22)3/h10-11,14-15,20,23-26,31-33H,3,6-9,12-13,16-18H2,1-2,4-5H3/b21-10+,22-11-/t20-,23+,24+,25-,26-,29+/m0/s1. The third-order valence-electron chi connectivity index (χ3n) is 9.61. The zero-order valence-corrected chi connectivity index (χ0v) is 21.5. The molecule has 0 bridgehead atoms. The average Bonchev–Trinajstić information content (AvgIpc) is 3.45. The maximum absolute atomic E-state index is 10.9. The first-order valence-electron chi connectivity index (χ1n) is 13.4. The Balaban J connectivity index is 1.55. The Hall–Kier alpha value is -1.62. The minimum atomic E-state index is -0.876. The molecule has 0 amide bonds. The Morgan fingerprint density at radius 1 is 1.21 bits per heavy atom. The van der Waals surface area contributed by atoms with E-state index in [4.69, 9.17) is 4.42 Å². The van der Waals surface area contributed by atoms with Gasteiger partial charge in [-0.15, -0.1) is 0 Å². The normalized spacial score (nSPS) is 35.7. The molecule has 1 aromatic heterocycles. The minimum absolute atomic E-state index is 0.226. The van der Waals surface area contributed by atoms with Crippen molar-refractivity contribution in [2.45, 2.75) is 109 Å². The van der Waals surface area contributed by atoms with Crippen LogP contribution in [0.1, 0.15) is 103 Å². The summed E-state index contributed by atoms with van der Waals surface area (Å²) in [6.07, 6.45) is 11.4. The van der Waals surface area contributed by atoms with Crippen LogP contribution in [0, 0.1) is 17.3 Å². The molecule has 0 unspecified atom stereocenters. The smallest absolute Gasteiger partial charge is 0.135 e.